The second-order valence-electron chi connectivity index (χ2n) is 3.86. The standard InChI is InChI=1S/C11H14N4O/c1-9-8-15(11(16)14(9)2)13-7-10-4-3-5-12-6-10/h3-7,9H,8H2,1-2H3/b13-7+. The lowest BCUT2D eigenvalue weighted by molar-refractivity contribution is 0.197. The number of carbonyl (C=O) groups is 1. The molecule has 1 aliphatic rings. The van der Waals surface area contributed by atoms with Gasteiger partial charge in [-0.05, 0) is 13.0 Å². The predicted molar refractivity (Wildman–Crippen MR) is 61.2 cm³/mol. The van der Waals surface area contributed by atoms with Gasteiger partial charge in [0.2, 0.25) is 0 Å². The Hall–Kier alpha value is -1.91. The second-order valence-corrected chi connectivity index (χ2v) is 3.86. The summed E-state index contributed by atoms with van der Waals surface area (Å²) in [5.41, 5.74) is 0.887. The molecule has 0 bridgehead atoms. The van der Waals surface area contributed by atoms with E-state index in [0.717, 1.165) is 5.56 Å². The molecular formula is C11H14N4O. The molecule has 1 aliphatic heterocycles. The first-order chi connectivity index (χ1) is 7.68. The number of urea groups is 1. The minimum atomic E-state index is -0.0624. The summed E-state index contributed by atoms with van der Waals surface area (Å²) in [5.74, 6) is 0. The summed E-state index contributed by atoms with van der Waals surface area (Å²) in [4.78, 5) is 17.3. The van der Waals surface area contributed by atoms with Gasteiger partial charge >= 0.3 is 6.03 Å². The molecule has 1 saturated heterocycles. The largest absolute Gasteiger partial charge is 0.340 e. The van der Waals surface area contributed by atoms with Crippen LogP contribution in [0.3, 0.4) is 0 Å². The molecule has 1 fully saturated rings. The molecule has 5 heteroatoms. The van der Waals surface area contributed by atoms with Crippen LogP contribution < -0.4 is 0 Å². The molecule has 1 aromatic heterocycles. The normalized spacial score (nSPS) is 21.1. The van der Waals surface area contributed by atoms with Gasteiger partial charge in [0.25, 0.3) is 0 Å². The zero-order valence-electron chi connectivity index (χ0n) is 9.37. The van der Waals surface area contributed by atoms with E-state index in [-0.39, 0.29) is 12.1 Å². The first-order valence-corrected chi connectivity index (χ1v) is 5.17. The Balaban J connectivity index is 2.06. The molecule has 0 spiro atoms. The summed E-state index contributed by atoms with van der Waals surface area (Å²) < 4.78 is 0. The Labute approximate surface area is 94.4 Å². The van der Waals surface area contributed by atoms with Crippen molar-refractivity contribution in [1.82, 2.24) is 14.9 Å². The van der Waals surface area contributed by atoms with Crippen LogP contribution in [-0.2, 0) is 0 Å². The number of rotatable bonds is 2. The van der Waals surface area contributed by atoms with E-state index in [2.05, 4.69) is 10.1 Å². The molecule has 1 atom stereocenters. The van der Waals surface area contributed by atoms with Gasteiger partial charge in [-0.15, -0.1) is 0 Å². The van der Waals surface area contributed by atoms with Crippen molar-refractivity contribution in [1.29, 1.82) is 0 Å². The zero-order chi connectivity index (χ0) is 11.5. The van der Waals surface area contributed by atoms with E-state index in [1.165, 1.54) is 5.01 Å². The molecule has 5 nitrogen and oxygen atoms in total. The summed E-state index contributed by atoms with van der Waals surface area (Å²) in [5, 5.41) is 5.62. The molecule has 0 saturated carbocycles. The van der Waals surface area contributed by atoms with Gasteiger partial charge in [0, 0.05) is 25.0 Å². The third-order valence-electron chi connectivity index (χ3n) is 2.65. The van der Waals surface area contributed by atoms with Crippen molar-refractivity contribution in [3.8, 4) is 0 Å². The predicted octanol–water partition coefficient (Wildman–Crippen LogP) is 1.17. The Morgan fingerprint density at radius 1 is 1.62 bits per heavy atom. The third kappa shape index (κ3) is 2.03. The Morgan fingerprint density at radius 2 is 2.44 bits per heavy atom. The fraction of sp³-hybridized carbons (Fsp3) is 0.364. The van der Waals surface area contributed by atoms with Crippen molar-refractivity contribution in [2.45, 2.75) is 13.0 Å². The number of likely N-dealkylation sites (N-methyl/N-ethyl adjacent to an activating group) is 1. The molecule has 0 aliphatic carbocycles. The second kappa shape index (κ2) is 4.30. The first kappa shape index (κ1) is 10.6. The number of aromatic nitrogens is 1. The molecule has 2 amide bonds. The van der Waals surface area contributed by atoms with Crippen LogP contribution in [0.1, 0.15) is 12.5 Å². The summed E-state index contributed by atoms with van der Waals surface area (Å²) in [7, 11) is 1.78. The maximum Gasteiger partial charge on any atom is 0.340 e. The van der Waals surface area contributed by atoms with Gasteiger partial charge in [-0.2, -0.15) is 5.10 Å². The Morgan fingerprint density at radius 3 is 3.00 bits per heavy atom. The van der Waals surface area contributed by atoms with Gasteiger partial charge in [0.05, 0.1) is 18.8 Å². The molecule has 1 unspecified atom stereocenters. The smallest absolute Gasteiger partial charge is 0.322 e. The van der Waals surface area contributed by atoms with E-state index in [1.807, 2.05) is 19.1 Å². The van der Waals surface area contributed by atoms with Crippen molar-refractivity contribution >= 4 is 12.2 Å². The van der Waals surface area contributed by atoms with Gasteiger partial charge in [0.15, 0.2) is 0 Å². The lowest BCUT2D eigenvalue weighted by Gasteiger charge is -2.11. The number of carbonyl (C=O) groups excluding carboxylic acids is 1. The average molecular weight is 218 g/mol. The maximum absolute atomic E-state index is 11.7. The number of hydrogen-bond donors (Lipinski definition) is 0. The highest BCUT2D eigenvalue weighted by Crippen LogP contribution is 2.13. The van der Waals surface area contributed by atoms with Crippen LogP contribution in [0.5, 0.6) is 0 Å². The van der Waals surface area contributed by atoms with E-state index >= 15 is 0 Å². The molecule has 2 rings (SSSR count). The van der Waals surface area contributed by atoms with Crippen molar-refractivity contribution in [2.24, 2.45) is 5.10 Å². The zero-order valence-corrected chi connectivity index (χ0v) is 9.37. The highest BCUT2D eigenvalue weighted by Gasteiger charge is 2.31. The van der Waals surface area contributed by atoms with Gasteiger partial charge in [-0.1, -0.05) is 6.07 Å². The van der Waals surface area contributed by atoms with Crippen LogP contribution in [0.2, 0.25) is 0 Å². The van der Waals surface area contributed by atoms with Gasteiger partial charge in [-0.3, -0.25) is 4.98 Å². The van der Waals surface area contributed by atoms with E-state index in [1.54, 1.807) is 30.6 Å². The number of amides is 2. The molecule has 1 aromatic rings. The van der Waals surface area contributed by atoms with Crippen LogP contribution in [-0.4, -0.2) is 46.8 Å². The Kier molecular flexibility index (Phi) is 2.85. The molecule has 84 valence electrons. The van der Waals surface area contributed by atoms with Crippen LogP contribution in [0.25, 0.3) is 0 Å². The van der Waals surface area contributed by atoms with Crippen molar-refractivity contribution in [2.75, 3.05) is 13.6 Å². The first-order valence-electron chi connectivity index (χ1n) is 5.17. The summed E-state index contributed by atoms with van der Waals surface area (Å²) >= 11 is 0. The third-order valence-corrected chi connectivity index (χ3v) is 2.65. The molecule has 16 heavy (non-hydrogen) atoms. The molecular weight excluding hydrogens is 204 g/mol. The van der Waals surface area contributed by atoms with Crippen molar-refractivity contribution < 1.29 is 4.79 Å². The molecule has 0 radical (unpaired) electrons. The fourth-order valence-corrected chi connectivity index (χ4v) is 1.51. The van der Waals surface area contributed by atoms with Crippen molar-refractivity contribution in [3.05, 3.63) is 30.1 Å². The number of hydrogen-bond acceptors (Lipinski definition) is 3. The molecule has 0 aromatic carbocycles. The van der Waals surface area contributed by atoms with Crippen LogP contribution in [0, 0.1) is 0 Å². The fourth-order valence-electron chi connectivity index (χ4n) is 1.51. The van der Waals surface area contributed by atoms with Crippen molar-refractivity contribution in [3.63, 3.8) is 0 Å². The number of hydrazone groups is 1. The molecule has 2 heterocycles. The van der Waals surface area contributed by atoms with Gasteiger partial charge in [-0.25, -0.2) is 9.80 Å². The van der Waals surface area contributed by atoms with E-state index in [9.17, 15) is 4.79 Å². The summed E-state index contributed by atoms with van der Waals surface area (Å²) in [6.45, 7) is 2.63. The lowest BCUT2D eigenvalue weighted by atomic mass is 10.3. The van der Waals surface area contributed by atoms with Crippen LogP contribution >= 0.6 is 0 Å². The topological polar surface area (TPSA) is 48.8 Å². The summed E-state index contributed by atoms with van der Waals surface area (Å²) in [6, 6.07) is 3.87. The maximum atomic E-state index is 11.7. The SMILES string of the molecule is CC1CN(/N=C/c2cccnc2)C(=O)N1C. The highest BCUT2D eigenvalue weighted by atomic mass is 16.2. The number of nitrogens with zero attached hydrogens (tertiary/aromatic N) is 4. The van der Waals surface area contributed by atoms with E-state index in [0.29, 0.717) is 6.54 Å². The van der Waals surface area contributed by atoms with E-state index < -0.39 is 0 Å². The van der Waals surface area contributed by atoms with Gasteiger partial charge in [0.1, 0.15) is 0 Å². The number of pyridine rings is 1. The molecule has 0 N–H and O–H groups in total. The monoisotopic (exact) mass is 218 g/mol. The van der Waals surface area contributed by atoms with Crippen LogP contribution in [0.4, 0.5) is 4.79 Å². The Bertz CT molecular complexity index is 404. The minimum absolute atomic E-state index is 0.0624. The highest BCUT2D eigenvalue weighted by molar-refractivity contribution is 5.82. The quantitative estimate of drug-likeness (QED) is 0.700. The lowest BCUT2D eigenvalue weighted by Crippen LogP contribution is -2.28. The summed E-state index contributed by atoms with van der Waals surface area (Å²) in [6.07, 6.45) is 5.06. The van der Waals surface area contributed by atoms with Crippen LogP contribution in [0.15, 0.2) is 29.6 Å². The van der Waals surface area contributed by atoms with E-state index in [4.69, 9.17) is 0 Å². The average Bonchev–Trinajstić information content (AvgIpc) is 2.56. The minimum Gasteiger partial charge on any atom is -0.322 e. The van der Waals surface area contributed by atoms with Gasteiger partial charge < -0.3 is 4.90 Å².